The highest BCUT2D eigenvalue weighted by atomic mass is 16.5. The van der Waals surface area contributed by atoms with Gasteiger partial charge in [-0.05, 0) is 196 Å². The Morgan fingerprint density at radius 2 is 1.61 bits per heavy atom. The minimum absolute atomic E-state index is 0.132. The second-order valence-corrected chi connectivity index (χ2v) is 25.8. The average molecular weight is 955 g/mol. The Morgan fingerprint density at radius 3 is 2.31 bits per heavy atom. The molecule has 0 radical (unpaired) electrons. The number of ether oxygens (including phenoxy) is 2. The first-order valence-electron chi connectivity index (χ1n) is 28.3. The number of benzene rings is 2. The molecule has 6 saturated carbocycles. The van der Waals surface area contributed by atoms with Crippen LogP contribution in [-0.4, -0.2) is 57.8 Å². The van der Waals surface area contributed by atoms with Gasteiger partial charge in [-0.3, -0.25) is 4.79 Å². The van der Waals surface area contributed by atoms with Gasteiger partial charge in [0.25, 0.3) is 0 Å². The fourth-order valence-electron chi connectivity index (χ4n) is 19.0. The van der Waals surface area contributed by atoms with Gasteiger partial charge in [0.2, 0.25) is 0 Å². The maximum Gasteiger partial charge on any atom is 0.331 e. The van der Waals surface area contributed by atoms with Crippen LogP contribution in [0.15, 0.2) is 72.3 Å². The van der Waals surface area contributed by atoms with Crippen LogP contribution in [0.4, 0.5) is 0 Å². The van der Waals surface area contributed by atoms with Gasteiger partial charge in [0.15, 0.2) is 0 Å². The summed E-state index contributed by atoms with van der Waals surface area (Å²) in [7, 11) is 0. The number of aryl methyl sites for hydroxylation is 2. The SMILES string of the molecule is CC(=O)OC1CC(C)C(O)(CCC2=CC(=O)OC2)C2(C(O)CCC(C)CCCc3ccccc3)C(O)CCC(C)(C3CCC45CC3C#CCC3CC(C4)(CC34CCCC4)C(CCc3ccccc3)C5)C12. The van der Waals surface area contributed by atoms with E-state index in [4.69, 9.17) is 9.47 Å². The summed E-state index contributed by atoms with van der Waals surface area (Å²) in [6.45, 7) is 8.39. The first kappa shape index (κ1) is 50.1. The zero-order valence-electron chi connectivity index (χ0n) is 43.3. The van der Waals surface area contributed by atoms with Crippen molar-refractivity contribution in [2.75, 3.05) is 6.61 Å². The van der Waals surface area contributed by atoms with E-state index in [1.165, 1.54) is 75.8 Å². The van der Waals surface area contributed by atoms with Gasteiger partial charge in [-0.25, -0.2) is 4.79 Å². The third kappa shape index (κ3) is 8.97. The summed E-state index contributed by atoms with van der Waals surface area (Å²) < 4.78 is 11.9. The van der Waals surface area contributed by atoms with Crippen molar-refractivity contribution >= 4 is 11.9 Å². The largest absolute Gasteiger partial charge is 0.462 e. The molecule has 8 aliphatic rings. The Hall–Kier alpha value is -3.44. The van der Waals surface area contributed by atoms with Crippen molar-refractivity contribution in [2.45, 2.75) is 206 Å². The summed E-state index contributed by atoms with van der Waals surface area (Å²) >= 11 is 0. The molecule has 0 amide bonds. The van der Waals surface area contributed by atoms with Crippen LogP contribution in [0.2, 0.25) is 0 Å². The molecule has 4 bridgehead atoms. The van der Waals surface area contributed by atoms with Crippen LogP contribution in [0.3, 0.4) is 0 Å². The Kier molecular flexibility index (Phi) is 14.2. The Balaban J connectivity index is 1.01. The van der Waals surface area contributed by atoms with Crippen molar-refractivity contribution in [2.24, 2.45) is 68.5 Å². The predicted octanol–water partition coefficient (Wildman–Crippen LogP) is 12.3. The number of hydrogen-bond acceptors (Lipinski definition) is 7. The highest BCUT2D eigenvalue weighted by Gasteiger charge is 2.75. The summed E-state index contributed by atoms with van der Waals surface area (Å²) in [4.78, 5) is 25.8. The van der Waals surface area contributed by atoms with Crippen LogP contribution in [0.25, 0.3) is 0 Å². The lowest BCUT2D eigenvalue weighted by Crippen LogP contribution is -2.77. The van der Waals surface area contributed by atoms with Gasteiger partial charge < -0.3 is 24.8 Å². The van der Waals surface area contributed by atoms with E-state index in [-0.39, 0.29) is 42.2 Å². The van der Waals surface area contributed by atoms with Crippen LogP contribution in [0, 0.1) is 80.3 Å². The number of carbonyl (C=O) groups excluding carboxylic acids is 2. The smallest absolute Gasteiger partial charge is 0.331 e. The third-order valence-corrected chi connectivity index (χ3v) is 21.9. The molecule has 7 nitrogen and oxygen atoms in total. The normalized spacial score (nSPS) is 40.1. The standard InChI is InChI=1S/C63H86O7/c1-43(15-13-20-46-16-7-5-8-17-46)23-26-54(65)63-55(66)29-32-58(4,57(63)53(70-45(3)64)35-44(2)62(63,68)34-27-48-36-56(67)69-40-48)52-28-33-59-37-49(52)21-14-22-50-39-61(41-59,42-60(50)30-11-12-31-60)51(38-59)25-24-47-18-9-6-10-19-47/h5-10,16-19,36,43-44,49-55,57,65-66,68H,11-13,15,20,22-35,37-42H2,1-4H3. The number of carbonyl (C=O) groups is 2. The number of hydrogen-bond donors (Lipinski definition) is 3. The second-order valence-electron chi connectivity index (χ2n) is 25.8. The summed E-state index contributed by atoms with van der Waals surface area (Å²) in [5.41, 5.74) is 1.20. The van der Waals surface area contributed by atoms with Gasteiger partial charge in [-0.15, -0.1) is 5.92 Å². The summed E-state index contributed by atoms with van der Waals surface area (Å²) in [6, 6.07) is 21.8. The van der Waals surface area contributed by atoms with Gasteiger partial charge in [-0.2, -0.15) is 0 Å². The molecule has 0 aromatic heterocycles. The zero-order valence-corrected chi connectivity index (χ0v) is 43.3. The maximum absolute atomic E-state index is 14.0. The highest BCUT2D eigenvalue weighted by molar-refractivity contribution is 5.85. The van der Waals surface area contributed by atoms with Crippen LogP contribution in [0.5, 0.6) is 0 Å². The molecule has 1 heterocycles. The van der Waals surface area contributed by atoms with E-state index in [1.54, 1.807) is 6.08 Å². The number of aliphatic hydroxyl groups is 3. The van der Waals surface area contributed by atoms with Gasteiger partial charge in [-0.1, -0.05) is 107 Å². The molecule has 0 saturated heterocycles. The predicted molar refractivity (Wildman–Crippen MR) is 275 cm³/mol. The molecule has 10 rings (SSSR count). The van der Waals surface area contributed by atoms with Crippen LogP contribution in [0.1, 0.15) is 180 Å². The molecule has 7 aliphatic carbocycles. The van der Waals surface area contributed by atoms with E-state index in [9.17, 15) is 24.9 Å². The van der Waals surface area contributed by atoms with Gasteiger partial charge in [0, 0.05) is 31.3 Å². The van der Waals surface area contributed by atoms with E-state index >= 15 is 0 Å². The van der Waals surface area contributed by atoms with Crippen LogP contribution >= 0.6 is 0 Å². The molecule has 15 unspecified atom stereocenters. The molecule has 70 heavy (non-hydrogen) atoms. The molecule has 6 fully saturated rings. The topological polar surface area (TPSA) is 113 Å². The molecule has 7 heteroatoms. The van der Waals surface area contributed by atoms with Gasteiger partial charge in [0.05, 0.1) is 23.2 Å². The van der Waals surface area contributed by atoms with E-state index < -0.39 is 46.6 Å². The molecule has 2 aromatic rings. The lowest BCUT2D eigenvalue weighted by Gasteiger charge is -2.70. The molecular weight excluding hydrogens is 869 g/mol. The average Bonchev–Trinajstić information content (AvgIpc) is 4.12. The minimum Gasteiger partial charge on any atom is -0.462 e. The van der Waals surface area contributed by atoms with Crippen LogP contribution in [-0.2, 0) is 31.9 Å². The molecule has 1 aliphatic heterocycles. The van der Waals surface area contributed by atoms with Crippen molar-refractivity contribution in [3.63, 3.8) is 0 Å². The molecule has 2 aromatic carbocycles. The number of cyclic esters (lactones) is 1. The Morgan fingerprint density at radius 1 is 0.886 bits per heavy atom. The number of aliphatic hydroxyl groups excluding tert-OH is 2. The van der Waals surface area contributed by atoms with E-state index in [1.807, 2.05) is 6.92 Å². The fraction of sp³-hybridized carbons (Fsp3) is 0.714. The van der Waals surface area contributed by atoms with E-state index in [2.05, 4.69) is 86.4 Å². The summed E-state index contributed by atoms with van der Waals surface area (Å²) in [5.74, 6) is 8.37. The van der Waals surface area contributed by atoms with Gasteiger partial charge >= 0.3 is 11.9 Å². The molecule has 380 valence electrons. The van der Waals surface area contributed by atoms with E-state index in [0.29, 0.717) is 60.7 Å². The number of rotatable bonds is 16. The second kappa shape index (κ2) is 19.8. The Labute approximate surface area is 420 Å². The lowest BCUT2D eigenvalue weighted by molar-refractivity contribution is -0.328. The highest BCUT2D eigenvalue weighted by Crippen LogP contribution is 2.76. The van der Waals surface area contributed by atoms with Crippen molar-refractivity contribution in [1.82, 2.24) is 0 Å². The van der Waals surface area contributed by atoms with E-state index in [0.717, 1.165) is 63.4 Å². The first-order valence-corrected chi connectivity index (χ1v) is 28.3. The molecule has 15 atom stereocenters. The monoisotopic (exact) mass is 955 g/mol. The van der Waals surface area contributed by atoms with Crippen molar-refractivity contribution in [1.29, 1.82) is 0 Å². The minimum atomic E-state index is -1.53. The van der Waals surface area contributed by atoms with Crippen molar-refractivity contribution in [3.05, 3.63) is 83.4 Å². The first-order chi connectivity index (χ1) is 33.6. The number of fused-ring (bicyclic) bond motifs is 4. The third-order valence-electron chi connectivity index (χ3n) is 21.9. The number of esters is 2. The maximum atomic E-state index is 14.0. The lowest BCUT2D eigenvalue weighted by atomic mass is 9.36. The summed E-state index contributed by atoms with van der Waals surface area (Å²) in [5, 5.41) is 40.5. The molecular formula is C63H86O7. The van der Waals surface area contributed by atoms with Crippen molar-refractivity contribution in [3.8, 4) is 11.8 Å². The van der Waals surface area contributed by atoms with Gasteiger partial charge in [0.1, 0.15) is 12.7 Å². The van der Waals surface area contributed by atoms with Crippen molar-refractivity contribution < 1.29 is 34.4 Å². The van der Waals surface area contributed by atoms with Crippen LogP contribution < -0.4 is 0 Å². The Bertz CT molecular complexity index is 2270. The molecule has 3 spiro atoms. The summed E-state index contributed by atoms with van der Waals surface area (Å²) in [6.07, 6.45) is 22.8. The fourth-order valence-corrected chi connectivity index (χ4v) is 19.0. The zero-order chi connectivity index (χ0) is 48.9. The molecule has 3 N–H and O–H groups in total. The quantitative estimate of drug-likeness (QED) is 0.113.